The summed E-state index contributed by atoms with van der Waals surface area (Å²) < 4.78 is 0. The first-order valence-corrected chi connectivity index (χ1v) is 4.90. The third-order valence-electron chi connectivity index (χ3n) is 2.01. The van der Waals surface area contributed by atoms with E-state index < -0.39 is 0 Å². The zero-order valence-corrected chi connectivity index (χ0v) is 7.65. The fourth-order valence-corrected chi connectivity index (χ4v) is 1.91. The zero-order valence-electron chi connectivity index (χ0n) is 6.07. The lowest BCUT2D eigenvalue weighted by molar-refractivity contribution is 0.623. The van der Waals surface area contributed by atoms with Crippen molar-refractivity contribution in [1.29, 1.82) is 0 Å². The van der Waals surface area contributed by atoms with Crippen LogP contribution in [0.15, 0.2) is 0 Å². The van der Waals surface area contributed by atoms with Crippen molar-refractivity contribution in [3.8, 4) is 0 Å². The van der Waals surface area contributed by atoms with E-state index in [9.17, 15) is 0 Å². The average molecular weight is 191 g/mol. The lowest BCUT2D eigenvalue weighted by atomic mass is 10.1. The maximum Gasteiger partial charge on any atom is 0.0177 e. The summed E-state index contributed by atoms with van der Waals surface area (Å²) in [7, 11) is 0. The van der Waals surface area contributed by atoms with Crippen molar-refractivity contribution in [1.82, 2.24) is 0 Å². The van der Waals surface area contributed by atoms with Gasteiger partial charge in [0.25, 0.3) is 0 Å². The molecule has 0 saturated heterocycles. The maximum atomic E-state index is 3.60. The van der Waals surface area contributed by atoms with Crippen molar-refractivity contribution < 1.29 is 0 Å². The first-order valence-electron chi connectivity index (χ1n) is 3.98. The fraction of sp³-hybridized carbons (Fsp3) is 1.00. The lowest BCUT2D eigenvalue weighted by Gasteiger charge is -1.93. The Labute approximate surface area is 66.2 Å². The maximum absolute atomic E-state index is 3.60. The van der Waals surface area contributed by atoms with Crippen molar-refractivity contribution in [2.45, 2.75) is 43.9 Å². The predicted molar refractivity (Wildman–Crippen MR) is 45.0 cm³/mol. The molecule has 1 fully saturated rings. The molecule has 1 saturated carbocycles. The highest BCUT2D eigenvalue weighted by molar-refractivity contribution is 9.09. The van der Waals surface area contributed by atoms with Gasteiger partial charge in [-0.1, -0.05) is 42.1 Å². The van der Waals surface area contributed by atoms with Gasteiger partial charge in [0.1, 0.15) is 0 Å². The highest BCUT2D eigenvalue weighted by atomic mass is 79.9. The summed E-state index contributed by atoms with van der Waals surface area (Å²) in [6, 6.07) is 0. The van der Waals surface area contributed by atoms with E-state index in [0.717, 1.165) is 10.7 Å². The molecule has 0 nitrogen and oxygen atoms in total. The molecule has 0 amide bonds. The van der Waals surface area contributed by atoms with E-state index in [-0.39, 0.29) is 0 Å². The summed E-state index contributed by atoms with van der Waals surface area (Å²) in [5.74, 6) is 1.04. The minimum absolute atomic E-state index is 0.884. The van der Waals surface area contributed by atoms with Gasteiger partial charge in [-0.05, 0) is 18.8 Å². The number of halogens is 1. The van der Waals surface area contributed by atoms with E-state index in [1.54, 1.807) is 0 Å². The normalized spacial score (nSPS) is 32.7. The molecule has 54 valence electrons. The minimum atomic E-state index is 0.884. The summed E-state index contributed by atoms with van der Waals surface area (Å²) in [4.78, 5) is 0.884. The Morgan fingerprint density at radius 3 is 2.56 bits per heavy atom. The number of unbranched alkanes of at least 4 members (excludes halogenated alkanes) is 2. The molecule has 1 heteroatoms. The quantitative estimate of drug-likeness (QED) is 0.472. The highest BCUT2D eigenvalue weighted by Crippen LogP contribution is 2.41. The second kappa shape index (κ2) is 3.60. The predicted octanol–water partition coefficient (Wildman–Crippen LogP) is 3.35. The van der Waals surface area contributed by atoms with Gasteiger partial charge >= 0.3 is 0 Å². The Hall–Kier alpha value is 0.480. The molecule has 0 bridgehead atoms. The Balaban J connectivity index is 1.83. The number of alkyl halides is 1. The standard InChI is InChI=1S/C8H15Br/c1-2-3-4-5-7-6-8(7)9/h7-8H,2-6H2,1H3/t7-,8-/m1/s1. The Kier molecular flexibility index (Phi) is 3.03. The SMILES string of the molecule is CCCCC[C@@H]1C[C@H]1Br. The molecule has 1 aliphatic carbocycles. The molecule has 0 spiro atoms. The lowest BCUT2D eigenvalue weighted by Crippen LogP contribution is -1.80. The van der Waals surface area contributed by atoms with E-state index in [4.69, 9.17) is 0 Å². The second-order valence-corrected chi connectivity index (χ2v) is 4.18. The molecule has 2 atom stereocenters. The molecular weight excluding hydrogens is 176 g/mol. The van der Waals surface area contributed by atoms with Crippen LogP contribution in [0.5, 0.6) is 0 Å². The summed E-state index contributed by atoms with van der Waals surface area (Å²) in [6.45, 7) is 2.26. The molecule has 0 unspecified atom stereocenters. The van der Waals surface area contributed by atoms with Gasteiger partial charge in [-0.3, -0.25) is 0 Å². The van der Waals surface area contributed by atoms with Gasteiger partial charge in [0.05, 0.1) is 0 Å². The Morgan fingerprint density at radius 2 is 2.11 bits per heavy atom. The fourth-order valence-electron chi connectivity index (χ4n) is 1.17. The number of rotatable bonds is 4. The van der Waals surface area contributed by atoms with Crippen LogP contribution in [0.2, 0.25) is 0 Å². The molecule has 0 radical (unpaired) electrons. The van der Waals surface area contributed by atoms with Gasteiger partial charge in [0.15, 0.2) is 0 Å². The van der Waals surface area contributed by atoms with E-state index in [1.165, 1.54) is 32.1 Å². The van der Waals surface area contributed by atoms with E-state index in [1.807, 2.05) is 0 Å². The molecule has 0 heterocycles. The number of hydrogen-bond acceptors (Lipinski definition) is 0. The highest BCUT2D eigenvalue weighted by Gasteiger charge is 2.33. The third kappa shape index (κ3) is 2.70. The van der Waals surface area contributed by atoms with E-state index in [2.05, 4.69) is 22.9 Å². The van der Waals surface area contributed by atoms with Gasteiger partial charge in [-0.15, -0.1) is 0 Å². The molecule has 1 aliphatic rings. The van der Waals surface area contributed by atoms with Gasteiger partial charge < -0.3 is 0 Å². The first kappa shape index (κ1) is 7.59. The molecule has 0 N–H and O–H groups in total. The molecule has 0 aromatic rings. The van der Waals surface area contributed by atoms with Crippen LogP contribution in [-0.4, -0.2) is 4.83 Å². The van der Waals surface area contributed by atoms with Gasteiger partial charge in [0.2, 0.25) is 0 Å². The largest absolute Gasteiger partial charge is 0.0888 e. The van der Waals surface area contributed by atoms with Crippen LogP contribution >= 0.6 is 15.9 Å². The third-order valence-corrected chi connectivity index (χ3v) is 3.14. The molecular formula is C8H15Br. The van der Waals surface area contributed by atoms with Crippen molar-refractivity contribution in [3.63, 3.8) is 0 Å². The summed E-state index contributed by atoms with van der Waals surface area (Å²) in [6.07, 6.45) is 7.13. The van der Waals surface area contributed by atoms with Crippen LogP contribution in [0.1, 0.15) is 39.0 Å². The molecule has 0 aromatic heterocycles. The van der Waals surface area contributed by atoms with Crippen LogP contribution in [0.25, 0.3) is 0 Å². The Bertz CT molecular complexity index is 80.6. The summed E-state index contributed by atoms with van der Waals surface area (Å²) in [5.41, 5.74) is 0. The minimum Gasteiger partial charge on any atom is -0.0888 e. The van der Waals surface area contributed by atoms with Crippen molar-refractivity contribution in [2.75, 3.05) is 0 Å². The smallest absolute Gasteiger partial charge is 0.0177 e. The summed E-state index contributed by atoms with van der Waals surface area (Å²) >= 11 is 3.60. The monoisotopic (exact) mass is 190 g/mol. The van der Waals surface area contributed by atoms with Crippen LogP contribution in [-0.2, 0) is 0 Å². The van der Waals surface area contributed by atoms with Crippen molar-refractivity contribution in [3.05, 3.63) is 0 Å². The zero-order chi connectivity index (χ0) is 6.69. The van der Waals surface area contributed by atoms with Crippen molar-refractivity contribution >= 4 is 15.9 Å². The number of hydrogen-bond donors (Lipinski definition) is 0. The van der Waals surface area contributed by atoms with Crippen LogP contribution in [0.3, 0.4) is 0 Å². The topological polar surface area (TPSA) is 0 Å². The molecule has 0 aliphatic heterocycles. The van der Waals surface area contributed by atoms with E-state index in [0.29, 0.717) is 0 Å². The summed E-state index contributed by atoms with van der Waals surface area (Å²) in [5, 5.41) is 0. The molecule has 9 heavy (non-hydrogen) atoms. The Morgan fingerprint density at radius 1 is 1.44 bits per heavy atom. The van der Waals surface area contributed by atoms with Gasteiger partial charge in [-0.2, -0.15) is 0 Å². The van der Waals surface area contributed by atoms with Crippen LogP contribution in [0, 0.1) is 5.92 Å². The van der Waals surface area contributed by atoms with Crippen LogP contribution in [0.4, 0.5) is 0 Å². The van der Waals surface area contributed by atoms with E-state index >= 15 is 0 Å². The van der Waals surface area contributed by atoms with Gasteiger partial charge in [-0.25, -0.2) is 0 Å². The van der Waals surface area contributed by atoms with Crippen molar-refractivity contribution in [2.24, 2.45) is 5.92 Å². The molecule has 0 aromatic carbocycles. The van der Waals surface area contributed by atoms with Gasteiger partial charge in [0, 0.05) is 4.83 Å². The average Bonchev–Trinajstić information content (AvgIpc) is 2.48. The molecule has 1 rings (SSSR count). The first-order chi connectivity index (χ1) is 4.34. The second-order valence-electron chi connectivity index (χ2n) is 3.01. The van der Waals surface area contributed by atoms with Crippen LogP contribution < -0.4 is 0 Å².